The lowest BCUT2D eigenvalue weighted by Crippen LogP contribution is -2.52. The van der Waals surface area contributed by atoms with Gasteiger partial charge in [0.25, 0.3) is 0 Å². The number of benzene rings is 2. The molecule has 26 heavy (non-hydrogen) atoms. The van der Waals surface area contributed by atoms with Crippen LogP contribution < -0.4 is 10.1 Å². The third-order valence-electron chi connectivity index (χ3n) is 5.27. The quantitative estimate of drug-likeness (QED) is 0.781. The molecule has 0 atom stereocenters. The lowest BCUT2D eigenvalue weighted by atomic mass is 9.87. The average molecular weight is 354 g/mol. The largest absolute Gasteiger partial charge is 0.497 e. The number of nitrogens with one attached hydrogen (secondary N) is 1. The summed E-state index contributed by atoms with van der Waals surface area (Å²) in [4.78, 5) is 2.56. The highest BCUT2D eigenvalue weighted by molar-refractivity contribution is 5.50. The van der Waals surface area contributed by atoms with Gasteiger partial charge in [-0.1, -0.05) is 36.4 Å². The number of nitrogens with zero attached hydrogens (tertiary/aromatic N) is 1. The molecule has 1 heterocycles. The molecule has 1 aliphatic rings. The second-order valence-electron chi connectivity index (χ2n) is 7.15. The normalized spacial score (nSPS) is 17.0. The first-order valence-electron chi connectivity index (χ1n) is 9.40. The van der Waals surface area contributed by atoms with E-state index in [0.29, 0.717) is 0 Å². The van der Waals surface area contributed by atoms with Crippen molar-refractivity contribution in [3.05, 3.63) is 60.2 Å². The first-order valence-corrected chi connectivity index (χ1v) is 9.40. The Morgan fingerprint density at radius 1 is 1.00 bits per heavy atom. The molecule has 0 aliphatic carbocycles. The van der Waals surface area contributed by atoms with Crippen molar-refractivity contribution in [2.45, 2.75) is 24.8 Å². The number of hydrogen-bond donors (Lipinski definition) is 1. The fourth-order valence-corrected chi connectivity index (χ4v) is 3.73. The molecule has 4 heteroatoms. The molecule has 0 spiro atoms. The number of rotatable bonds is 8. The Morgan fingerprint density at radius 2 is 1.77 bits per heavy atom. The van der Waals surface area contributed by atoms with Gasteiger partial charge < -0.3 is 19.7 Å². The Labute approximate surface area is 157 Å². The highest BCUT2D eigenvalue weighted by Gasteiger charge is 2.34. The zero-order valence-corrected chi connectivity index (χ0v) is 15.9. The van der Waals surface area contributed by atoms with Crippen LogP contribution in [-0.2, 0) is 11.2 Å². The summed E-state index contributed by atoms with van der Waals surface area (Å²) >= 11 is 0. The van der Waals surface area contributed by atoms with Crippen LogP contribution in [0.5, 0.6) is 5.75 Å². The minimum absolute atomic E-state index is 0.00956. The zero-order valence-electron chi connectivity index (χ0n) is 15.9. The molecule has 2 aromatic carbocycles. The Morgan fingerprint density at radius 3 is 2.46 bits per heavy atom. The van der Waals surface area contributed by atoms with E-state index in [4.69, 9.17) is 9.47 Å². The maximum absolute atomic E-state index is 5.57. The summed E-state index contributed by atoms with van der Waals surface area (Å²) in [6.07, 6.45) is 3.26. The SMILES string of the molecule is COCC1(Nc2cccc(OC)c2)CCN(CCc2ccccc2)CC1. The summed E-state index contributed by atoms with van der Waals surface area (Å²) in [5.74, 6) is 0.878. The van der Waals surface area contributed by atoms with Crippen LogP contribution in [0.1, 0.15) is 18.4 Å². The van der Waals surface area contributed by atoms with Gasteiger partial charge in [0.1, 0.15) is 5.75 Å². The van der Waals surface area contributed by atoms with Crippen LogP contribution in [-0.4, -0.2) is 50.9 Å². The Hall–Kier alpha value is -2.04. The summed E-state index contributed by atoms with van der Waals surface area (Å²) in [5.41, 5.74) is 2.50. The van der Waals surface area contributed by atoms with Gasteiger partial charge in [-0.25, -0.2) is 0 Å². The number of piperidine rings is 1. The Balaban J connectivity index is 1.57. The second-order valence-corrected chi connectivity index (χ2v) is 7.15. The van der Waals surface area contributed by atoms with E-state index in [1.54, 1.807) is 14.2 Å². The summed E-state index contributed by atoms with van der Waals surface area (Å²) in [5, 5.41) is 3.73. The van der Waals surface area contributed by atoms with E-state index < -0.39 is 0 Å². The predicted octanol–water partition coefficient (Wildman–Crippen LogP) is 3.83. The number of anilines is 1. The van der Waals surface area contributed by atoms with E-state index in [-0.39, 0.29) is 5.54 Å². The van der Waals surface area contributed by atoms with Gasteiger partial charge >= 0.3 is 0 Å². The van der Waals surface area contributed by atoms with Crippen LogP contribution in [0.15, 0.2) is 54.6 Å². The third kappa shape index (κ3) is 4.99. The molecule has 0 saturated carbocycles. The molecule has 1 aliphatic heterocycles. The summed E-state index contributed by atoms with van der Waals surface area (Å²) in [6, 6.07) is 18.9. The van der Waals surface area contributed by atoms with E-state index in [9.17, 15) is 0 Å². The van der Waals surface area contributed by atoms with Crippen molar-refractivity contribution in [2.75, 3.05) is 45.8 Å². The molecule has 4 nitrogen and oxygen atoms in total. The first-order chi connectivity index (χ1) is 12.7. The molecule has 0 bridgehead atoms. The van der Waals surface area contributed by atoms with Gasteiger partial charge in [-0.15, -0.1) is 0 Å². The van der Waals surface area contributed by atoms with Gasteiger partial charge in [0.15, 0.2) is 0 Å². The van der Waals surface area contributed by atoms with E-state index in [1.165, 1.54) is 5.56 Å². The zero-order chi connectivity index (χ0) is 18.2. The maximum Gasteiger partial charge on any atom is 0.120 e. The number of ether oxygens (including phenoxy) is 2. The molecule has 2 aromatic rings. The van der Waals surface area contributed by atoms with Gasteiger partial charge in [0.2, 0.25) is 0 Å². The molecular weight excluding hydrogens is 324 g/mol. The standard InChI is InChI=1S/C22H30N2O2/c1-25-18-22(23-20-9-6-10-21(17-20)26-2)12-15-24(16-13-22)14-11-19-7-4-3-5-8-19/h3-10,17,23H,11-16,18H2,1-2H3. The van der Waals surface area contributed by atoms with Crippen molar-refractivity contribution >= 4 is 5.69 Å². The minimum Gasteiger partial charge on any atom is -0.497 e. The lowest BCUT2D eigenvalue weighted by molar-refractivity contribution is 0.0891. The molecular formula is C22H30N2O2. The van der Waals surface area contributed by atoms with Crippen LogP contribution in [0, 0.1) is 0 Å². The van der Waals surface area contributed by atoms with Crippen molar-refractivity contribution in [2.24, 2.45) is 0 Å². The molecule has 1 saturated heterocycles. The molecule has 0 amide bonds. The van der Waals surface area contributed by atoms with Crippen molar-refractivity contribution in [1.82, 2.24) is 4.90 Å². The van der Waals surface area contributed by atoms with Gasteiger partial charge in [-0.2, -0.15) is 0 Å². The first kappa shape index (κ1) is 18.7. The number of hydrogen-bond acceptors (Lipinski definition) is 4. The fraction of sp³-hybridized carbons (Fsp3) is 0.455. The molecule has 0 radical (unpaired) electrons. The van der Waals surface area contributed by atoms with Crippen LogP contribution in [0.3, 0.4) is 0 Å². The number of likely N-dealkylation sites (tertiary alicyclic amines) is 1. The van der Waals surface area contributed by atoms with E-state index in [1.807, 2.05) is 12.1 Å². The fourth-order valence-electron chi connectivity index (χ4n) is 3.73. The summed E-state index contributed by atoms with van der Waals surface area (Å²) in [7, 11) is 3.49. The Kier molecular flexibility index (Phi) is 6.53. The van der Waals surface area contributed by atoms with E-state index >= 15 is 0 Å². The van der Waals surface area contributed by atoms with Crippen molar-refractivity contribution in [3.63, 3.8) is 0 Å². The average Bonchev–Trinajstić information content (AvgIpc) is 2.69. The predicted molar refractivity (Wildman–Crippen MR) is 107 cm³/mol. The molecule has 3 rings (SSSR count). The minimum atomic E-state index is -0.00956. The van der Waals surface area contributed by atoms with Gasteiger partial charge in [0.05, 0.1) is 19.3 Å². The van der Waals surface area contributed by atoms with Crippen LogP contribution in [0.2, 0.25) is 0 Å². The van der Waals surface area contributed by atoms with Gasteiger partial charge in [-0.3, -0.25) is 0 Å². The van der Waals surface area contributed by atoms with Crippen molar-refractivity contribution < 1.29 is 9.47 Å². The lowest BCUT2D eigenvalue weighted by Gasteiger charge is -2.42. The highest BCUT2D eigenvalue weighted by Crippen LogP contribution is 2.29. The monoisotopic (exact) mass is 354 g/mol. The maximum atomic E-state index is 5.57. The van der Waals surface area contributed by atoms with E-state index in [0.717, 1.165) is 56.9 Å². The second kappa shape index (κ2) is 9.06. The smallest absolute Gasteiger partial charge is 0.120 e. The van der Waals surface area contributed by atoms with Gasteiger partial charge in [0, 0.05) is 38.5 Å². The molecule has 140 valence electrons. The Bertz CT molecular complexity index is 667. The van der Waals surface area contributed by atoms with E-state index in [2.05, 4.69) is 52.7 Å². The third-order valence-corrected chi connectivity index (χ3v) is 5.27. The topological polar surface area (TPSA) is 33.7 Å². The van der Waals surface area contributed by atoms with Crippen LogP contribution in [0.4, 0.5) is 5.69 Å². The molecule has 1 N–H and O–H groups in total. The van der Waals surface area contributed by atoms with Gasteiger partial charge in [-0.05, 0) is 37.0 Å². The molecule has 0 aromatic heterocycles. The summed E-state index contributed by atoms with van der Waals surface area (Å²) in [6.45, 7) is 4.02. The highest BCUT2D eigenvalue weighted by atomic mass is 16.5. The summed E-state index contributed by atoms with van der Waals surface area (Å²) < 4.78 is 10.9. The number of methoxy groups -OCH3 is 2. The van der Waals surface area contributed by atoms with Crippen LogP contribution >= 0.6 is 0 Å². The van der Waals surface area contributed by atoms with Crippen LogP contribution in [0.25, 0.3) is 0 Å². The molecule has 1 fully saturated rings. The van der Waals surface area contributed by atoms with Crippen molar-refractivity contribution in [3.8, 4) is 5.75 Å². The molecule has 0 unspecified atom stereocenters. The van der Waals surface area contributed by atoms with Crippen molar-refractivity contribution in [1.29, 1.82) is 0 Å².